The Balaban J connectivity index is 2.36. The zero-order chi connectivity index (χ0) is 12.0. The topological polar surface area (TPSA) is 37.3 Å². The number of rotatable bonds is 1. The van der Waals surface area contributed by atoms with Crippen molar-refractivity contribution in [3.8, 4) is 0 Å². The zero-order valence-electron chi connectivity index (χ0n) is 10.5. The van der Waals surface area contributed by atoms with Gasteiger partial charge in [-0.15, -0.1) is 0 Å². The fraction of sp³-hybridized carbons (Fsp3) is 0.786. The minimum Gasteiger partial charge on any atom is -0.390 e. The summed E-state index contributed by atoms with van der Waals surface area (Å²) in [7, 11) is 0. The summed E-state index contributed by atoms with van der Waals surface area (Å²) < 4.78 is 0. The van der Waals surface area contributed by atoms with Gasteiger partial charge in [0.15, 0.2) is 5.78 Å². The van der Waals surface area contributed by atoms with Gasteiger partial charge in [0.05, 0.1) is 5.60 Å². The van der Waals surface area contributed by atoms with Gasteiger partial charge in [0.1, 0.15) is 0 Å². The van der Waals surface area contributed by atoms with Crippen LogP contribution in [0.5, 0.6) is 0 Å². The average molecular weight is 222 g/mol. The molecule has 0 aromatic rings. The fourth-order valence-corrected chi connectivity index (χ4v) is 3.57. The van der Waals surface area contributed by atoms with Gasteiger partial charge in [-0.2, -0.15) is 0 Å². The Labute approximate surface area is 97.7 Å². The summed E-state index contributed by atoms with van der Waals surface area (Å²) in [6.45, 7) is 5.82. The van der Waals surface area contributed by atoms with Crippen LogP contribution in [0.3, 0.4) is 0 Å². The number of fused-ring (bicyclic) bond motifs is 1. The maximum absolute atomic E-state index is 11.4. The van der Waals surface area contributed by atoms with Crippen molar-refractivity contribution in [2.75, 3.05) is 0 Å². The third-order valence-corrected chi connectivity index (χ3v) is 4.64. The number of Topliss-reactive ketones (excluding diaryl/α,β-unsaturated/α-hetero) is 1. The molecule has 0 aromatic heterocycles. The molecule has 2 heteroatoms. The van der Waals surface area contributed by atoms with Gasteiger partial charge >= 0.3 is 0 Å². The maximum atomic E-state index is 11.4. The lowest BCUT2D eigenvalue weighted by Crippen LogP contribution is -2.49. The first-order valence-corrected chi connectivity index (χ1v) is 6.29. The highest BCUT2D eigenvalue weighted by atomic mass is 16.3. The van der Waals surface area contributed by atoms with E-state index >= 15 is 0 Å². The van der Waals surface area contributed by atoms with Crippen LogP contribution in [0, 0.1) is 11.3 Å². The van der Waals surface area contributed by atoms with E-state index in [2.05, 4.69) is 13.0 Å². The second-order valence-corrected chi connectivity index (χ2v) is 6.09. The average Bonchev–Trinajstić information content (AvgIpc) is 2.15. The number of allylic oxidation sites excluding steroid dienone is 1. The van der Waals surface area contributed by atoms with Crippen molar-refractivity contribution in [3.63, 3.8) is 0 Å². The van der Waals surface area contributed by atoms with Gasteiger partial charge in [0.25, 0.3) is 0 Å². The second kappa shape index (κ2) is 3.69. The molecule has 0 aromatic carbocycles. The number of hydrogen-bond acceptors (Lipinski definition) is 2. The minimum absolute atomic E-state index is 0.154. The number of hydrogen-bond donors (Lipinski definition) is 1. The standard InChI is InChI=1S/C14H22O2/c1-10(15)11-5-8-13(2)6-4-7-14(3,16)12(13)9-11/h9,12,16H,4-8H2,1-3H3/t12-,13-,14+/m1/s1. The number of ketones is 1. The number of carbonyl (C=O) groups excluding carboxylic acids is 1. The van der Waals surface area contributed by atoms with Crippen LogP contribution in [-0.4, -0.2) is 16.5 Å². The van der Waals surface area contributed by atoms with E-state index < -0.39 is 5.60 Å². The first-order chi connectivity index (χ1) is 7.35. The molecule has 1 fully saturated rings. The monoisotopic (exact) mass is 222 g/mol. The minimum atomic E-state index is -0.631. The molecular formula is C14H22O2. The van der Waals surface area contributed by atoms with Gasteiger partial charge < -0.3 is 5.11 Å². The van der Waals surface area contributed by atoms with E-state index in [4.69, 9.17) is 0 Å². The lowest BCUT2D eigenvalue weighted by atomic mass is 9.56. The summed E-state index contributed by atoms with van der Waals surface area (Å²) in [6, 6.07) is 0. The molecule has 2 aliphatic carbocycles. The molecule has 0 bridgehead atoms. The number of aliphatic hydroxyl groups is 1. The van der Waals surface area contributed by atoms with Crippen molar-refractivity contribution in [1.82, 2.24) is 0 Å². The summed E-state index contributed by atoms with van der Waals surface area (Å²) >= 11 is 0. The highest BCUT2D eigenvalue weighted by Gasteiger charge is 2.48. The molecule has 90 valence electrons. The largest absolute Gasteiger partial charge is 0.390 e. The predicted molar refractivity (Wildman–Crippen MR) is 64.1 cm³/mol. The zero-order valence-corrected chi connectivity index (χ0v) is 10.5. The number of carbonyl (C=O) groups is 1. The lowest BCUT2D eigenvalue weighted by Gasteiger charge is -2.51. The molecule has 0 saturated heterocycles. The highest BCUT2D eigenvalue weighted by molar-refractivity contribution is 5.93. The van der Waals surface area contributed by atoms with Crippen LogP contribution >= 0.6 is 0 Å². The fourth-order valence-electron chi connectivity index (χ4n) is 3.57. The van der Waals surface area contributed by atoms with Crippen molar-refractivity contribution in [2.45, 2.75) is 58.5 Å². The van der Waals surface area contributed by atoms with E-state index in [0.29, 0.717) is 0 Å². The quantitative estimate of drug-likeness (QED) is 0.740. The third-order valence-electron chi connectivity index (χ3n) is 4.64. The molecule has 2 nitrogen and oxygen atoms in total. The van der Waals surface area contributed by atoms with E-state index in [-0.39, 0.29) is 17.1 Å². The Morgan fingerprint density at radius 2 is 2.06 bits per heavy atom. The van der Waals surface area contributed by atoms with Crippen LogP contribution in [0.25, 0.3) is 0 Å². The first kappa shape index (κ1) is 11.8. The van der Waals surface area contributed by atoms with E-state index in [1.165, 1.54) is 6.42 Å². The van der Waals surface area contributed by atoms with Crippen LogP contribution in [0.2, 0.25) is 0 Å². The van der Waals surface area contributed by atoms with Crippen LogP contribution in [0.1, 0.15) is 52.9 Å². The summed E-state index contributed by atoms with van der Waals surface area (Å²) in [5.41, 5.74) is 0.485. The Bertz CT molecular complexity index is 341. The Kier molecular flexibility index (Phi) is 2.73. The van der Waals surface area contributed by atoms with Gasteiger partial charge in [-0.1, -0.05) is 19.4 Å². The van der Waals surface area contributed by atoms with Crippen molar-refractivity contribution in [3.05, 3.63) is 11.6 Å². The van der Waals surface area contributed by atoms with Crippen LogP contribution in [-0.2, 0) is 4.79 Å². The van der Waals surface area contributed by atoms with Crippen molar-refractivity contribution < 1.29 is 9.90 Å². The normalized spacial score (nSPS) is 43.5. The van der Waals surface area contributed by atoms with Gasteiger partial charge in [-0.25, -0.2) is 0 Å². The molecule has 16 heavy (non-hydrogen) atoms. The van der Waals surface area contributed by atoms with Crippen LogP contribution < -0.4 is 0 Å². The summed E-state index contributed by atoms with van der Waals surface area (Å²) in [4.78, 5) is 11.4. The third kappa shape index (κ3) is 1.84. The molecule has 1 N–H and O–H groups in total. The van der Waals surface area contributed by atoms with Crippen LogP contribution in [0.15, 0.2) is 11.6 Å². The summed E-state index contributed by atoms with van der Waals surface area (Å²) in [6.07, 6.45) is 7.12. The molecule has 3 atom stereocenters. The van der Waals surface area contributed by atoms with Gasteiger partial charge in [0, 0.05) is 5.92 Å². The van der Waals surface area contributed by atoms with Crippen molar-refractivity contribution in [1.29, 1.82) is 0 Å². The molecule has 2 aliphatic rings. The van der Waals surface area contributed by atoms with Crippen molar-refractivity contribution in [2.24, 2.45) is 11.3 Å². The molecule has 0 unspecified atom stereocenters. The lowest BCUT2D eigenvalue weighted by molar-refractivity contribution is -0.114. The maximum Gasteiger partial charge on any atom is 0.155 e. The van der Waals surface area contributed by atoms with Crippen LogP contribution in [0.4, 0.5) is 0 Å². The van der Waals surface area contributed by atoms with E-state index in [1.54, 1.807) is 6.92 Å². The molecule has 0 radical (unpaired) electrons. The molecule has 1 saturated carbocycles. The van der Waals surface area contributed by atoms with Gasteiger partial charge in [0.2, 0.25) is 0 Å². The Morgan fingerprint density at radius 1 is 1.38 bits per heavy atom. The SMILES string of the molecule is CC(=O)C1=C[C@@H]2[C@](C)(CCC[C@]2(C)O)CC1. The van der Waals surface area contributed by atoms with E-state index in [1.807, 2.05) is 6.92 Å². The van der Waals surface area contributed by atoms with E-state index in [9.17, 15) is 9.90 Å². The molecule has 0 aliphatic heterocycles. The highest BCUT2D eigenvalue weighted by Crippen LogP contribution is 2.52. The predicted octanol–water partition coefficient (Wildman–Crippen LogP) is 2.85. The van der Waals surface area contributed by atoms with Gasteiger partial charge in [-0.05, 0) is 50.5 Å². The summed E-state index contributed by atoms with van der Waals surface area (Å²) in [5.74, 6) is 0.324. The van der Waals surface area contributed by atoms with E-state index in [0.717, 1.165) is 31.3 Å². The first-order valence-electron chi connectivity index (χ1n) is 6.29. The molecule has 2 rings (SSSR count). The Hall–Kier alpha value is -0.630. The molecule has 0 heterocycles. The second-order valence-electron chi connectivity index (χ2n) is 6.09. The summed E-state index contributed by atoms with van der Waals surface area (Å²) in [5, 5.41) is 10.5. The molecule has 0 amide bonds. The Morgan fingerprint density at radius 3 is 2.69 bits per heavy atom. The molecular weight excluding hydrogens is 200 g/mol. The molecule has 0 spiro atoms. The van der Waals surface area contributed by atoms with Crippen molar-refractivity contribution >= 4 is 5.78 Å². The van der Waals surface area contributed by atoms with Gasteiger partial charge in [-0.3, -0.25) is 4.79 Å². The smallest absolute Gasteiger partial charge is 0.155 e.